The summed E-state index contributed by atoms with van der Waals surface area (Å²) < 4.78 is 0. The van der Waals surface area contributed by atoms with Crippen LogP contribution in [0, 0.1) is 11.8 Å². The smallest absolute Gasteiger partial charge is 0.251 e. The SMILES string of the molecule is O=C(NCC1CCC(Cc2ccccc2)CC1)c1ccc(O)cc1. The Labute approximate surface area is 143 Å². The van der Waals surface area contributed by atoms with Gasteiger partial charge in [0.15, 0.2) is 0 Å². The van der Waals surface area contributed by atoms with Gasteiger partial charge in [0.25, 0.3) is 5.91 Å². The molecule has 0 bridgehead atoms. The van der Waals surface area contributed by atoms with E-state index in [1.54, 1.807) is 24.3 Å². The van der Waals surface area contributed by atoms with Crippen molar-refractivity contribution in [1.29, 1.82) is 0 Å². The fourth-order valence-electron chi connectivity index (χ4n) is 3.54. The van der Waals surface area contributed by atoms with Gasteiger partial charge in [-0.2, -0.15) is 0 Å². The maximum Gasteiger partial charge on any atom is 0.251 e. The van der Waals surface area contributed by atoms with Crippen LogP contribution in [0.3, 0.4) is 0 Å². The van der Waals surface area contributed by atoms with Crippen molar-refractivity contribution in [3.63, 3.8) is 0 Å². The summed E-state index contributed by atoms with van der Waals surface area (Å²) in [6, 6.07) is 17.1. The second kappa shape index (κ2) is 8.00. The topological polar surface area (TPSA) is 49.3 Å². The van der Waals surface area contributed by atoms with Crippen LogP contribution in [-0.4, -0.2) is 17.6 Å². The second-order valence-electron chi connectivity index (χ2n) is 6.83. The minimum absolute atomic E-state index is 0.0543. The average molecular weight is 323 g/mol. The Morgan fingerprint density at radius 3 is 2.21 bits per heavy atom. The van der Waals surface area contributed by atoms with E-state index >= 15 is 0 Å². The third-order valence-electron chi connectivity index (χ3n) is 5.01. The van der Waals surface area contributed by atoms with Crippen molar-refractivity contribution in [3.8, 4) is 5.75 Å². The summed E-state index contributed by atoms with van der Waals surface area (Å²) in [4.78, 5) is 12.1. The van der Waals surface area contributed by atoms with Gasteiger partial charge in [-0.1, -0.05) is 30.3 Å². The Kier molecular flexibility index (Phi) is 5.52. The molecule has 0 aliphatic heterocycles. The molecule has 1 amide bonds. The summed E-state index contributed by atoms with van der Waals surface area (Å²) in [6.07, 6.45) is 6.04. The number of hydrogen-bond donors (Lipinski definition) is 2. The highest BCUT2D eigenvalue weighted by Crippen LogP contribution is 2.30. The van der Waals surface area contributed by atoms with Crippen molar-refractivity contribution < 1.29 is 9.90 Å². The molecule has 0 radical (unpaired) electrons. The molecule has 0 unspecified atom stereocenters. The molecule has 0 heterocycles. The summed E-state index contributed by atoms with van der Waals surface area (Å²) in [5, 5.41) is 12.3. The van der Waals surface area contributed by atoms with Gasteiger partial charge in [0.05, 0.1) is 0 Å². The molecule has 0 atom stereocenters. The van der Waals surface area contributed by atoms with Crippen LogP contribution in [0.25, 0.3) is 0 Å². The Morgan fingerprint density at radius 1 is 0.917 bits per heavy atom. The Hall–Kier alpha value is -2.29. The van der Waals surface area contributed by atoms with E-state index in [2.05, 4.69) is 35.6 Å². The first-order chi connectivity index (χ1) is 11.7. The minimum Gasteiger partial charge on any atom is -0.508 e. The summed E-state index contributed by atoms with van der Waals surface area (Å²) in [6.45, 7) is 0.748. The quantitative estimate of drug-likeness (QED) is 0.867. The molecule has 2 aromatic carbocycles. The van der Waals surface area contributed by atoms with Crippen molar-refractivity contribution in [3.05, 3.63) is 65.7 Å². The van der Waals surface area contributed by atoms with Gasteiger partial charge in [0, 0.05) is 12.1 Å². The number of carbonyl (C=O) groups excluding carboxylic acids is 1. The number of rotatable bonds is 5. The van der Waals surface area contributed by atoms with Crippen LogP contribution in [0.4, 0.5) is 0 Å². The average Bonchev–Trinajstić information content (AvgIpc) is 2.62. The molecule has 2 aromatic rings. The maximum absolute atomic E-state index is 12.1. The molecule has 0 spiro atoms. The maximum atomic E-state index is 12.1. The summed E-state index contributed by atoms with van der Waals surface area (Å²) >= 11 is 0. The number of phenolic OH excluding ortho intramolecular Hbond substituents is 1. The molecule has 2 N–H and O–H groups in total. The van der Waals surface area contributed by atoms with Crippen molar-refractivity contribution >= 4 is 5.91 Å². The van der Waals surface area contributed by atoms with Gasteiger partial charge in [-0.05, 0) is 73.8 Å². The molecule has 0 saturated heterocycles. The largest absolute Gasteiger partial charge is 0.508 e. The van der Waals surface area contributed by atoms with Crippen LogP contribution >= 0.6 is 0 Å². The molecule has 3 nitrogen and oxygen atoms in total. The predicted molar refractivity (Wildman–Crippen MR) is 96.0 cm³/mol. The van der Waals surface area contributed by atoms with Crippen LogP contribution in [0.1, 0.15) is 41.6 Å². The van der Waals surface area contributed by atoms with Crippen LogP contribution in [0.2, 0.25) is 0 Å². The highest BCUT2D eigenvalue weighted by atomic mass is 16.3. The summed E-state index contributed by atoms with van der Waals surface area (Å²) in [5.74, 6) is 1.49. The number of hydrogen-bond acceptors (Lipinski definition) is 2. The van der Waals surface area contributed by atoms with E-state index in [4.69, 9.17) is 0 Å². The lowest BCUT2D eigenvalue weighted by Gasteiger charge is -2.28. The molecule has 3 rings (SSSR count). The summed E-state index contributed by atoms with van der Waals surface area (Å²) in [7, 11) is 0. The molecule has 1 aliphatic carbocycles. The van der Waals surface area contributed by atoms with Gasteiger partial charge in [-0.3, -0.25) is 4.79 Å². The highest BCUT2D eigenvalue weighted by molar-refractivity contribution is 5.94. The number of amides is 1. The van der Waals surface area contributed by atoms with E-state index < -0.39 is 0 Å². The summed E-state index contributed by atoms with van der Waals surface area (Å²) in [5.41, 5.74) is 2.03. The number of aromatic hydroxyl groups is 1. The van der Waals surface area contributed by atoms with Crippen LogP contribution in [-0.2, 0) is 6.42 Å². The van der Waals surface area contributed by atoms with Crippen molar-refractivity contribution in [2.24, 2.45) is 11.8 Å². The van der Waals surface area contributed by atoms with Gasteiger partial charge < -0.3 is 10.4 Å². The normalized spacial score (nSPS) is 20.5. The Bertz CT molecular complexity index is 643. The van der Waals surface area contributed by atoms with Crippen molar-refractivity contribution in [2.75, 3.05) is 6.54 Å². The minimum atomic E-state index is -0.0543. The number of phenols is 1. The molecule has 3 heteroatoms. The van der Waals surface area contributed by atoms with Gasteiger partial charge >= 0.3 is 0 Å². The number of benzene rings is 2. The van der Waals surface area contributed by atoms with E-state index in [1.165, 1.54) is 37.7 Å². The molecule has 1 saturated carbocycles. The lowest BCUT2D eigenvalue weighted by molar-refractivity contribution is 0.0941. The van der Waals surface area contributed by atoms with Gasteiger partial charge in [0.2, 0.25) is 0 Å². The highest BCUT2D eigenvalue weighted by Gasteiger charge is 2.21. The third kappa shape index (κ3) is 4.60. The lowest BCUT2D eigenvalue weighted by atomic mass is 9.79. The Morgan fingerprint density at radius 2 is 1.54 bits per heavy atom. The zero-order valence-corrected chi connectivity index (χ0v) is 13.9. The predicted octanol–water partition coefficient (Wildman–Crippen LogP) is 4.17. The number of nitrogens with one attached hydrogen (secondary N) is 1. The first kappa shape index (κ1) is 16.6. The van der Waals surface area contributed by atoms with E-state index in [0.29, 0.717) is 11.5 Å². The number of carbonyl (C=O) groups is 1. The van der Waals surface area contributed by atoms with Gasteiger partial charge in [-0.15, -0.1) is 0 Å². The monoisotopic (exact) mass is 323 g/mol. The van der Waals surface area contributed by atoms with Gasteiger partial charge in [0.1, 0.15) is 5.75 Å². The molecule has 1 fully saturated rings. The van der Waals surface area contributed by atoms with Crippen LogP contribution in [0.15, 0.2) is 54.6 Å². The van der Waals surface area contributed by atoms with Crippen molar-refractivity contribution in [2.45, 2.75) is 32.1 Å². The molecule has 0 aromatic heterocycles. The zero-order valence-electron chi connectivity index (χ0n) is 13.9. The third-order valence-corrected chi connectivity index (χ3v) is 5.01. The Balaban J connectivity index is 1.41. The van der Waals surface area contributed by atoms with Crippen molar-refractivity contribution in [1.82, 2.24) is 5.32 Å². The fourth-order valence-corrected chi connectivity index (χ4v) is 3.54. The lowest BCUT2D eigenvalue weighted by Crippen LogP contribution is -2.31. The first-order valence-electron chi connectivity index (χ1n) is 8.82. The van der Waals surface area contributed by atoms with Crippen LogP contribution in [0.5, 0.6) is 5.75 Å². The molecule has 24 heavy (non-hydrogen) atoms. The van der Waals surface area contributed by atoms with E-state index in [-0.39, 0.29) is 11.7 Å². The molecule has 1 aliphatic rings. The van der Waals surface area contributed by atoms with Crippen LogP contribution < -0.4 is 5.32 Å². The van der Waals surface area contributed by atoms with Gasteiger partial charge in [-0.25, -0.2) is 0 Å². The first-order valence-corrected chi connectivity index (χ1v) is 8.82. The van der Waals surface area contributed by atoms with E-state index in [1.807, 2.05) is 0 Å². The van der Waals surface area contributed by atoms with E-state index in [0.717, 1.165) is 12.5 Å². The zero-order chi connectivity index (χ0) is 16.8. The molecule has 126 valence electrons. The second-order valence-corrected chi connectivity index (χ2v) is 6.83. The standard InChI is InChI=1S/C21H25NO2/c23-20-12-10-19(11-13-20)21(24)22-15-18-8-6-17(7-9-18)14-16-4-2-1-3-5-16/h1-5,10-13,17-18,23H,6-9,14-15H2,(H,22,24). The van der Waals surface area contributed by atoms with E-state index in [9.17, 15) is 9.90 Å². The molecular formula is C21H25NO2. The fraction of sp³-hybridized carbons (Fsp3) is 0.381. The molecular weight excluding hydrogens is 298 g/mol.